The molecule has 2 N–H and O–H groups in total. The van der Waals surface area contributed by atoms with Crippen LogP contribution >= 0.6 is 0 Å². The molecule has 132 valence electrons. The molecule has 8 heteroatoms. The summed E-state index contributed by atoms with van der Waals surface area (Å²) >= 11 is 0. The standard InChI is InChI=1S/C16H25N5O3/c1-11(2)10-14(22)21-8-5-12(6-9-21)18-15(23)19-13-4-7-17-16(20-13)24-3/h4,7,11-12H,5-6,8-10H2,1-3H3,(H2,17,18,19,20,23). The maximum atomic E-state index is 12.0. The lowest BCUT2D eigenvalue weighted by Crippen LogP contribution is -2.47. The van der Waals surface area contributed by atoms with Gasteiger partial charge in [0.25, 0.3) is 0 Å². The van der Waals surface area contributed by atoms with Crippen LogP contribution in [0.1, 0.15) is 33.1 Å². The van der Waals surface area contributed by atoms with Crippen molar-refractivity contribution < 1.29 is 14.3 Å². The van der Waals surface area contributed by atoms with E-state index in [0.717, 1.165) is 12.8 Å². The van der Waals surface area contributed by atoms with Gasteiger partial charge in [-0.25, -0.2) is 9.78 Å². The fraction of sp³-hybridized carbons (Fsp3) is 0.625. The predicted octanol–water partition coefficient (Wildman–Crippen LogP) is 1.64. The summed E-state index contributed by atoms with van der Waals surface area (Å²) in [7, 11) is 1.47. The number of rotatable bonds is 5. The molecule has 2 rings (SSSR count). The molecule has 0 atom stereocenters. The Morgan fingerprint density at radius 3 is 2.71 bits per heavy atom. The van der Waals surface area contributed by atoms with Crippen molar-refractivity contribution in [3.63, 3.8) is 0 Å². The molecule has 1 saturated heterocycles. The Hall–Kier alpha value is -2.38. The van der Waals surface area contributed by atoms with Gasteiger partial charge in [-0.15, -0.1) is 0 Å². The number of likely N-dealkylation sites (tertiary alicyclic amines) is 1. The van der Waals surface area contributed by atoms with Gasteiger partial charge in [0.05, 0.1) is 7.11 Å². The zero-order valence-corrected chi connectivity index (χ0v) is 14.4. The first-order chi connectivity index (χ1) is 11.5. The minimum Gasteiger partial charge on any atom is -0.467 e. The van der Waals surface area contributed by atoms with Crippen molar-refractivity contribution in [2.45, 2.75) is 39.2 Å². The normalized spacial score (nSPS) is 15.2. The number of amides is 3. The summed E-state index contributed by atoms with van der Waals surface area (Å²) in [6.45, 7) is 5.44. The van der Waals surface area contributed by atoms with Crippen molar-refractivity contribution in [2.75, 3.05) is 25.5 Å². The van der Waals surface area contributed by atoms with Crippen LogP contribution in [0.5, 0.6) is 6.01 Å². The number of carbonyl (C=O) groups is 2. The predicted molar refractivity (Wildman–Crippen MR) is 89.8 cm³/mol. The number of ether oxygens (including phenoxy) is 1. The van der Waals surface area contributed by atoms with Gasteiger partial charge in [-0.1, -0.05) is 13.8 Å². The van der Waals surface area contributed by atoms with E-state index >= 15 is 0 Å². The summed E-state index contributed by atoms with van der Waals surface area (Å²) in [6, 6.07) is 1.53. The fourth-order valence-corrected chi connectivity index (χ4v) is 2.60. The van der Waals surface area contributed by atoms with Crippen molar-refractivity contribution in [2.24, 2.45) is 5.92 Å². The van der Waals surface area contributed by atoms with Gasteiger partial charge in [0.15, 0.2) is 0 Å². The largest absolute Gasteiger partial charge is 0.467 e. The van der Waals surface area contributed by atoms with Crippen molar-refractivity contribution in [1.82, 2.24) is 20.2 Å². The molecule has 0 radical (unpaired) electrons. The molecule has 24 heavy (non-hydrogen) atoms. The Kier molecular flexibility index (Phi) is 6.34. The topological polar surface area (TPSA) is 96.5 Å². The average Bonchev–Trinajstić information content (AvgIpc) is 2.55. The number of nitrogens with one attached hydrogen (secondary N) is 2. The molecular formula is C16H25N5O3. The van der Waals surface area contributed by atoms with Crippen LogP contribution in [0, 0.1) is 5.92 Å². The summed E-state index contributed by atoms with van der Waals surface area (Å²) in [5, 5.41) is 5.58. The van der Waals surface area contributed by atoms with E-state index in [1.807, 2.05) is 18.7 Å². The minimum absolute atomic E-state index is 0.0526. The zero-order valence-electron chi connectivity index (χ0n) is 14.4. The summed E-state index contributed by atoms with van der Waals surface area (Å²) in [6.07, 6.45) is 3.60. The quantitative estimate of drug-likeness (QED) is 0.853. The van der Waals surface area contributed by atoms with Crippen LogP contribution in [0.25, 0.3) is 0 Å². The number of piperidine rings is 1. The number of urea groups is 1. The number of hydrogen-bond acceptors (Lipinski definition) is 5. The van der Waals surface area contributed by atoms with E-state index < -0.39 is 0 Å². The number of hydrogen-bond donors (Lipinski definition) is 2. The van der Waals surface area contributed by atoms with Crippen LogP contribution in [-0.2, 0) is 4.79 Å². The van der Waals surface area contributed by atoms with E-state index in [9.17, 15) is 9.59 Å². The van der Waals surface area contributed by atoms with E-state index in [1.165, 1.54) is 13.3 Å². The molecular weight excluding hydrogens is 310 g/mol. The molecule has 2 heterocycles. The Morgan fingerprint density at radius 2 is 2.08 bits per heavy atom. The number of aromatic nitrogens is 2. The second-order valence-corrected chi connectivity index (χ2v) is 6.28. The lowest BCUT2D eigenvalue weighted by molar-refractivity contribution is -0.133. The smallest absolute Gasteiger partial charge is 0.320 e. The molecule has 0 aliphatic carbocycles. The lowest BCUT2D eigenvalue weighted by Gasteiger charge is -2.32. The minimum atomic E-state index is -0.317. The van der Waals surface area contributed by atoms with Gasteiger partial charge in [0.1, 0.15) is 5.82 Å². The summed E-state index contributed by atoms with van der Waals surface area (Å²) in [5.41, 5.74) is 0. The highest BCUT2D eigenvalue weighted by Crippen LogP contribution is 2.14. The fourth-order valence-electron chi connectivity index (χ4n) is 2.60. The third kappa shape index (κ3) is 5.36. The van der Waals surface area contributed by atoms with Crippen LogP contribution in [-0.4, -0.2) is 53.0 Å². The van der Waals surface area contributed by atoms with Crippen LogP contribution in [0.15, 0.2) is 12.3 Å². The second kappa shape index (κ2) is 8.47. The molecule has 0 aromatic carbocycles. The Morgan fingerprint density at radius 1 is 1.38 bits per heavy atom. The molecule has 0 saturated carbocycles. The van der Waals surface area contributed by atoms with Crippen LogP contribution in [0.4, 0.5) is 10.6 Å². The highest BCUT2D eigenvalue weighted by atomic mass is 16.5. The van der Waals surface area contributed by atoms with E-state index in [0.29, 0.717) is 31.2 Å². The SMILES string of the molecule is COc1nccc(NC(=O)NC2CCN(C(=O)CC(C)C)CC2)n1. The Bertz CT molecular complexity index is 571. The number of anilines is 1. The van der Waals surface area contributed by atoms with Crippen LogP contribution in [0.3, 0.4) is 0 Å². The summed E-state index contributed by atoms with van der Waals surface area (Å²) < 4.78 is 4.92. The lowest BCUT2D eigenvalue weighted by atomic mass is 10.0. The molecule has 1 fully saturated rings. The van der Waals surface area contributed by atoms with Crippen molar-refractivity contribution in [3.8, 4) is 6.01 Å². The molecule has 1 aliphatic rings. The molecule has 1 aromatic rings. The number of nitrogens with zero attached hydrogens (tertiary/aromatic N) is 3. The third-order valence-electron chi connectivity index (χ3n) is 3.82. The second-order valence-electron chi connectivity index (χ2n) is 6.28. The first-order valence-electron chi connectivity index (χ1n) is 8.20. The Labute approximate surface area is 142 Å². The monoisotopic (exact) mass is 335 g/mol. The van der Waals surface area contributed by atoms with Crippen molar-refractivity contribution >= 4 is 17.8 Å². The highest BCUT2D eigenvalue weighted by Gasteiger charge is 2.24. The molecule has 8 nitrogen and oxygen atoms in total. The van der Waals surface area contributed by atoms with Gasteiger partial charge >= 0.3 is 12.0 Å². The van der Waals surface area contributed by atoms with Gasteiger partial charge in [-0.2, -0.15) is 4.98 Å². The molecule has 0 spiro atoms. The van der Waals surface area contributed by atoms with Gasteiger partial charge < -0.3 is 15.0 Å². The molecule has 1 aromatic heterocycles. The van der Waals surface area contributed by atoms with Crippen LogP contribution < -0.4 is 15.4 Å². The van der Waals surface area contributed by atoms with E-state index in [2.05, 4.69) is 20.6 Å². The van der Waals surface area contributed by atoms with Gasteiger partial charge in [-0.3, -0.25) is 10.1 Å². The van der Waals surface area contributed by atoms with Crippen molar-refractivity contribution in [1.29, 1.82) is 0 Å². The molecule has 1 aliphatic heterocycles. The zero-order chi connectivity index (χ0) is 17.5. The highest BCUT2D eigenvalue weighted by molar-refractivity contribution is 5.88. The van der Waals surface area contributed by atoms with E-state index in [1.54, 1.807) is 6.07 Å². The summed E-state index contributed by atoms with van der Waals surface area (Å²) in [5.74, 6) is 0.939. The number of carbonyl (C=O) groups excluding carboxylic acids is 2. The molecule has 0 bridgehead atoms. The third-order valence-corrected chi connectivity index (χ3v) is 3.82. The first-order valence-corrected chi connectivity index (χ1v) is 8.20. The first kappa shape index (κ1) is 18.0. The molecule has 0 unspecified atom stereocenters. The van der Waals surface area contributed by atoms with E-state index in [4.69, 9.17) is 4.74 Å². The van der Waals surface area contributed by atoms with Crippen molar-refractivity contribution in [3.05, 3.63) is 12.3 Å². The van der Waals surface area contributed by atoms with Gasteiger partial charge in [0, 0.05) is 31.7 Å². The average molecular weight is 335 g/mol. The number of methoxy groups -OCH3 is 1. The van der Waals surface area contributed by atoms with Crippen LogP contribution in [0.2, 0.25) is 0 Å². The maximum absolute atomic E-state index is 12.0. The Balaban J connectivity index is 1.76. The van der Waals surface area contributed by atoms with Gasteiger partial charge in [-0.05, 0) is 24.8 Å². The summed E-state index contributed by atoms with van der Waals surface area (Å²) in [4.78, 5) is 33.9. The maximum Gasteiger partial charge on any atom is 0.320 e. The molecule has 3 amide bonds. The van der Waals surface area contributed by atoms with Gasteiger partial charge in [0.2, 0.25) is 5.91 Å². The van der Waals surface area contributed by atoms with E-state index in [-0.39, 0.29) is 24.0 Å².